The molecule has 2 N–H and O–H groups in total. The zero-order chi connectivity index (χ0) is 16.6. The molecule has 2 aliphatic heterocycles. The summed E-state index contributed by atoms with van der Waals surface area (Å²) in [4.78, 5) is 14.7. The van der Waals surface area contributed by atoms with Gasteiger partial charge in [0.15, 0.2) is 0 Å². The van der Waals surface area contributed by atoms with Crippen molar-refractivity contribution in [2.75, 3.05) is 32.8 Å². The van der Waals surface area contributed by atoms with E-state index in [-0.39, 0.29) is 11.9 Å². The van der Waals surface area contributed by atoms with E-state index in [1.807, 2.05) is 0 Å². The highest BCUT2D eigenvalue weighted by Gasteiger charge is 2.23. The van der Waals surface area contributed by atoms with E-state index >= 15 is 0 Å². The van der Waals surface area contributed by atoms with Crippen molar-refractivity contribution < 1.29 is 9.53 Å². The van der Waals surface area contributed by atoms with Gasteiger partial charge in [0, 0.05) is 38.1 Å². The van der Waals surface area contributed by atoms with Gasteiger partial charge < -0.3 is 15.4 Å². The molecule has 1 amide bonds. The van der Waals surface area contributed by atoms with Crippen LogP contribution in [0.5, 0.6) is 0 Å². The summed E-state index contributed by atoms with van der Waals surface area (Å²) in [5.41, 5.74) is 1.35. The van der Waals surface area contributed by atoms with Crippen molar-refractivity contribution >= 4 is 5.91 Å². The van der Waals surface area contributed by atoms with Crippen LogP contribution in [0.2, 0.25) is 0 Å². The molecule has 0 aliphatic carbocycles. The number of hydrogen-bond donors (Lipinski definition) is 2. The Hall–Kier alpha value is -1.43. The summed E-state index contributed by atoms with van der Waals surface area (Å²) in [6.07, 6.45) is 4.17. The molecule has 2 unspecified atom stereocenters. The Labute approximate surface area is 144 Å². The zero-order valence-electron chi connectivity index (χ0n) is 14.4. The van der Waals surface area contributed by atoms with Gasteiger partial charge in [0.1, 0.15) is 0 Å². The van der Waals surface area contributed by atoms with Gasteiger partial charge in [0.05, 0.1) is 13.2 Å². The molecule has 5 heteroatoms. The second-order valence-corrected chi connectivity index (χ2v) is 6.84. The SMILES string of the molecule is O=C(CC1COCCN1)NCC1CCCCN1Cc1ccccc1. The number of carbonyl (C=O) groups is 1. The Balaban J connectivity index is 1.45. The number of carbonyl (C=O) groups excluding carboxylic acids is 1. The van der Waals surface area contributed by atoms with Crippen LogP contribution in [0.3, 0.4) is 0 Å². The van der Waals surface area contributed by atoms with Crippen LogP contribution in [-0.4, -0.2) is 55.7 Å². The van der Waals surface area contributed by atoms with Gasteiger partial charge in [-0.1, -0.05) is 36.8 Å². The van der Waals surface area contributed by atoms with Crippen molar-refractivity contribution in [1.82, 2.24) is 15.5 Å². The lowest BCUT2D eigenvalue weighted by Crippen LogP contribution is -2.48. The molecule has 2 fully saturated rings. The third kappa shape index (κ3) is 5.30. The quantitative estimate of drug-likeness (QED) is 0.830. The van der Waals surface area contributed by atoms with Crippen molar-refractivity contribution in [3.63, 3.8) is 0 Å². The number of benzene rings is 1. The fraction of sp³-hybridized carbons (Fsp3) is 0.632. The Morgan fingerprint density at radius 3 is 2.96 bits per heavy atom. The number of morpholine rings is 1. The van der Waals surface area contributed by atoms with E-state index in [1.54, 1.807) is 0 Å². The van der Waals surface area contributed by atoms with Gasteiger partial charge >= 0.3 is 0 Å². The highest BCUT2D eigenvalue weighted by Crippen LogP contribution is 2.19. The Kier molecular flexibility index (Phi) is 6.64. The largest absolute Gasteiger partial charge is 0.378 e. The van der Waals surface area contributed by atoms with Crippen LogP contribution in [-0.2, 0) is 16.1 Å². The molecular formula is C19H29N3O2. The van der Waals surface area contributed by atoms with Crippen LogP contribution in [0.1, 0.15) is 31.2 Å². The minimum atomic E-state index is 0.128. The van der Waals surface area contributed by atoms with E-state index < -0.39 is 0 Å². The lowest BCUT2D eigenvalue weighted by molar-refractivity contribution is -0.122. The Morgan fingerprint density at radius 1 is 1.29 bits per heavy atom. The fourth-order valence-corrected chi connectivity index (χ4v) is 3.60. The third-order valence-corrected chi connectivity index (χ3v) is 4.94. The smallest absolute Gasteiger partial charge is 0.221 e. The number of nitrogens with zero attached hydrogens (tertiary/aromatic N) is 1. The van der Waals surface area contributed by atoms with Crippen molar-refractivity contribution in [3.8, 4) is 0 Å². The normalized spacial score (nSPS) is 25.3. The molecule has 0 aromatic heterocycles. The first-order valence-electron chi connectivity index (χ1n) is 9.17. The van der Waals surface area contributed by atoms with Gasteiger partial charge in [0.2, 0.25) is 5.91 Å². The molecule has 132 valence electrons. The molecule has 2 saturated heterocycles. The highest BCUT2D eigenvalue weighted by atomic mass is 16.5. The molecule has 2 atom stereocenters. The fourth-order valence-electron chi connectivity index (χ4n) is 3.60. The second-order valence-electron chi connectivity index (χ2n) is 6.84. The average Bonchev–Trinajstić information content (AvgIpc) is 2.63. The molecule has 0 bridgehead atoms. The monoisotopic (exact) mass is 331 g/mol. The molecule has 1 aromatic rings. The average molecular weight is 331 g/mol. The molecule has 0 spiro atoms. The van der Waals surface area contributed by atoms with E-state index in [9.17, 15) is 4.79 Å². The molecule has 0 saturated carbocycles. The molecule has 3 rings (SSSR count). The third-order valence-electron chi connectivity index (χ3n) is 4.94. The minimum Gasteiger partial charge on any atom is -0.378 e. The van der Waals surface area contributed by atoms with Crippen molar-refractivity contribution in [2.24, 2.45) is 0 Å². The van der Waals surface area contributed by atoms with Gasteiger partial charge in [-0.05, 0) is 24.9 Å². The molecule has 5 nitrogen and oxygen atoms in total. The van der Waals surface area contributed by atoms with Crippen molar-refractivity contribution in [2.45, 2.75) is 44.3 Å². The summed E-state index contributed by atoms with van der Waals surface area (Å²) in [6, 6.07) is 11.2. The summed E-state index contributed by atoms with van der Waals surface area (Å²) in [5, 5.41) is 6.47. The van der Waals surface area contributed by atoms with Gasteiger partial charge in [-0.15, -0.1) is 0 Å². The topological polar surface area (TPSA) is 53.6 Å². The number of rotatable bonds is 6. The second kappa shape index (κ2) is 9.16. The molecular weight excluding hydrogens is 302 g/mol. The zero-order valence-corrected chi connectivity index (χ0v) is 14.4. The van der Waals surface area contributed by atoms with E-state index in [0.717, 1.165) is 39.2 Å². The van der Waals surface area contributed by atoms with Gasteiger partial charge in [-0.2, -0.15) is 0 Å². The van der Waals surface area contributed by atoms with E-state index in [4.69, 9.17) is 4.74 Å². The lowest BCUT2D eigenvalue weighted by Gasteiger charge is -2.36. The predicted octanol–water partition coefficient (Wildman–Crippen LogP) is 1.54. The van der Waals surface area contributed by atoms with Crippen LogP contribution in [0.25, 0.3) is 0 Å². The number of nitrogens with one attached hydrogen (secondary N) is 2. The van der Waals surface area contributed by atoms with Crippen LogP contribution < -0.4 is 10.6 Å². The molecule has 2 heterocycles. The van der Waals surface area contributed by atoms with Crippen LogP contribution in [0, 0.1) is 0 Å². The first-order valence-corrected chi connectivity index (χ1v) is 9.17. The summed E-state index contributed by atoms with van der Waals surface area (Å²) < 4.78 is 5.41. The molecule has 1 aromatic carbocycles. The number of piperidine rings is 1. The van der Waals surface area contributed by atoms with E-state index in [2.05, 4.69) is 45.9 Å². The molecule has 0 radical (unpaired) electrons. The number of ether oxygens (including phenoxy) is 1. The summed E-state index contributed by atoms with van der Waals surface area (Å²) in [6.45, 7) is 5.06. The minimum absolute atomic E-state index is 0.128. The lowest BCUT2D eigenvalue weighted by atomic mass is 10.0. The Bertz CT molecular complexity index is 503. The number of amides is 1. The first-order chi connectivity index (χ1) is 11.8. The standard InChI is InChI=1S/C19H29N3O2/c23-19(12-17-15-24-11-9-20-17)21-13-18-8-4-5-10-22(18)14-16-6-2-1-3-7-16/h1-3,6-7,17-18,20H,4-5,8-15H2,(H,21,23). The Morgan fingerprint density at radius 2 is 2.17 bits per heavy atom. The molecule has 24 heavy (non-hydrogen) atoms. The summed E-state index contributed by atoms with van der Waals surface area (Å²) in [7, 11) is 0. The van der Waals surface area contributed by atoms with Crippen molar-refractivity contribution in [1.29, 1.82) is 0 Å². The maximum atomic E-state index is 12.2. The van der Waals surface area contributed by atoms with Gasteiger partial charge in [-0.25, -0.2) is 0 Å². The number of likely N-dealkylation sites (tertiary alicyclic amines) is 1. The van der Waals surface area contributed by atoms with Gasteiger partial charge in [0.25, 0.3) is 0 Å². The highest BCUT2D eigenvalue weighted by molar-refractivity contribution is 5.76. The van der Waals surface area contributed by atoms with Crippen LogP contribution in [0.4, 0.5) is 0 Å². The number of hydrogen-bond acceptors (Lipinski definition) is 4. The molecule has 2 aliphatic rings. The van der Waals surface area contributed by atoms with Crippen LogP contribution in [0.15, 0.2) is 30.3 Å². The van der Waals surface area contributed by atoms with E-state index in [0.29, 0.717) is 19.1 Å². The first kappa shape index (κ1) is 17.4. The predicted molar refractivity (Wildman–Crippen MR) is 94.7 cm³/mol. The van der Waals surface area contributed by atoms with Gasteiger partial charge in [-0.3, -0.25) is 9.69 Å². The maximum absolute atomic E-state index is 12.2. The van der Waals surface area contributed by atoms with Crippen LogP contribution >= 0.6 is 0 Å². The summed E-state index contributed by atoms with van der Waals surface area (Å²) >= 11 is 0. The van der Waals surface area contributed by atoms with E-state index in [1.165, 1.54) is 18.4 Å². The summed E-state index contributed by atoms with van der Waals surface area (Å²) in [5.74, 6) is 0.128. The van der Waals surface area contributed by atoms with Crippen molar-refractivity contribution in [3.05, 3.63) is 35.9 Å². The maximum Gasteiger partial charge on any atom is 0.221 e.